The normalized spacial score (nSPS) is 20.8. The van der Waals surface area contributed by atoms with Crippen LogP contribution in [0.25, 0.3) is 10.9 Å². The lowest BCUT2D eigenvalue weighted by Gasteiger charge is -2.21. The highest BCUT2D eigenvalue weighted by molar-refractivity contribution is 7.99. The molecule has 1 saturated heterocycles. The summed E-state index contributed by atoms with van der Waals surface area (Å²) in [6.45, 7) is 2.39. The zero-order valence-corrected chi connectivity index (χ0v) is 10.7. The molecule has 1 aromatic carbocycles. The van der Waals surface area contributed by atoms with E-state index in [1.54, 1.807) is 0 Å². The average molecular weight is 246 g/mol. The largest absolute Gasteiger partial charge is 0.350 e. The number of H-pyrrole nitrogens is 1. The van der Waals surface area contributed by atoms with Crippen molar-refractivity contribution in [1.29, 1.82) is 0 Å². The van der Waals surface area contributed by atoms with Crippen molar-refractivity contribution in [1.82, 2.24) is 10.3 Å². The summed E-state index contributed by atoms with van der Waals surface area (Å²) in [5, 5.41) is 6.09. The molecular formula is C14H18N2S. The Morgan fingerprint density at radius 3 is 3.06 bits per heavy atom. The van der Waals surface area contributed by atoms with E-state index in [1.165, 1.54) is 47.6 Å². The van der Waals surface area contributed by atoms with Crippen LogP contribution < -0.4 is 5.32 Å². The van der Waals surface area contributed by atoms with Crippen LogP contribution in [-0.2, 0) is 0 Å². The number of aromatic nitrogens is 1. The van der Waals surface area contributed by atoms with Crippen LogP contribution in [0.2, 0.25) is 0 Å². The van der Waals surface area contributed by atoms with Crippen molar-refractivity contribution in [2.24, 2.45) is 5.92 Å². The molecule has 0 saturated carbocycles. The van der Waals surface area contributed by atoms with Crippen LogP contribution in [0, 0.1) is 5.92 Å². The van der Waals surface area contributed by atoms with E-state index in [4.69, 9.17) is 0 Å². The summed E-state index contributed by atoms with van der Waals surface area (Å²) >= 11 is 1.96. The van der Waals surface area contributed by atoms with E-state index in [9.17, 15) is 0 Å². The topological polar surface area (TPSA) is 27.8 Å². The Bertz CT molecular complexity index is 453. The summed E-state index contributed by atoms with van der Waals surface area (Å²) in [5.74, 6) is 2.06. The van der Waals surface area contributed by atoms with Crippen molar-refractivity contribution in [3.8, 4) is 0 Å². The second kappa shape index (κ2) is 5.15. The number of hydrogen-bond acceptors (Lipinski definition) is 2. The molecule has 0 spiro atoms. The number of aromatic amines is 1. The van der Waals surface area contributed by atoms with Gasteiger partial charge in [-0.2, -0.15) is 0 Å². The molecule has 1 fully saturated rings. The predicted octanol–water partition coefficient (Wildman–Crippen LogP) is 3.26. The van der Waals surface area contributed by atoms with Gasteiger partial charge in [-0.15, -0.1) is 11.8 Å². The lowest BCUT2D eigenvalue weighted by molar-refractivity contribution is 0.410. The van der Waals surface area contributed by atoms with Crippen LogP contribution >= 0.6 is 11.8 Å². The van der Waals surface area contributed by atoms with E-state index in [0.29, 0.717) is 0 Å². The van der Waals surface area contributed by atoms with Crippen LogP contribution in [0.4, 0.5) is 0 Å². The molecule has 1 atom stereocenters. The van der Waals surface area contributed by atoms with E-state index in [0.717, 1.165) is 5.92 Å². The number of piperidine rings is 1. The number of rotatable bonds is 3. The summed E-state index contributed by atoms with van der Waals surface area (Å²) in [6, 6.07) is 10.7. The van der Waals surface area contributed by atoms with E-state index >= 15 is 0 Å². The van der Waals surface area contributed by atoms with E-state index in [2.05, 4.69) is 40.6 Å². The highest BCUT2D eigenvalue weighted by Crippen LogP contribution is 2.26. The van der Waals surface area contributed by atoms with Gasteiger partial charge in [-0.05, 0) is 44.0 Å². The van der Waals surface area contributed by atoms with E-state index in [1.807, 2.05) is 11.8 Å². The van der Waals surface area contributed by atoms with Gasteiger partial charge in [0.15, 0.2) is 0 Å². The molecule has 0 amide bonds. The SMILES string of the molecule is c1ccc2[nH]c(SCC3CCCNC3)cc2c1. The van der Waals surface area contributed by atoms with Crippen LogP contribution in [0.5, 0.6) is 0 Å². The Kier molecular flexibility index (Phi) is 3.39. The number of benzene rings is 1. The maximum absolute atomic E-state index is 3.48. The zero-order valence-electron chi connectivity index (χ0n) is 9.91. The predicted molar refractivity (Wildman–Crippen MR) is 74.6 cm³/mol. The van der Waals surface area contributed by atoms with Crippen molar-refractivity contribution < 1.29 is 0 Å². The number of thioether (sulfide) groups is 1. The Morgan fingerprint density at radius 2 is 2.24 bits per heavy atom. The Labute approximate surface area is 106 Å². The molecule has 90 valence electrons. The van der Waals surface area contributed by atoms with Crippen LogP contribution in [0.1, 0.15) is 12.8 Å². The fourth-order valence-electron chi connectivity index (χ4n) is 2.40. The minimum absolute atomic E-state index is 0.833. The fraction of sp³-hybridized carbons (Fsp3) is 0.429. The third-order valence-corrected chi connectivity index (χ3v) is 4.55. The van der Waals surface area contributed by atoms with Gasteiger partial charge < -0.3 is 10.3 Å². The first-order valence-corrected chi connectivity index (χ1v) is 7.31. The molecule has 3 heteroatoms. The smallest absolute Gasteiger partial charge is 0.0732 e. The summed E-state index contributed by atoms with van der Waals surface area (Å²) in [4.78, 5) is 3.48. The summed E-state index contributed by atoms with van der Waals surface area (Å²) < 4.78 is 0. The van der Waals surface area contributed by atoms with Gasteiger partial charge in [0.1, 0.15) is 0 Å². The van der Waals surface area contributed by atoms with Gasteiger partial charge in [0, 0.05) is 16.7 Å². The molecular weight excluding hydrogens is 228 g/mol. The zero-order chi connectivity index (χ0) is 11.5. The van der Waals surface area contributed by atoms with Crippen LogP contribution in [-0.4, -0.2) is 23.8 Å². The number of hydrogen-bond donors (Lipinski definition) is 2. The van der Waals surface area contributed by atoms with Gasteiger partial charge >= 0.3 is 0 Å². The minimum atomic E-state index is 0.833. The van der Waals surface area contributed by atoms with Crippen LogP contribution in [0.3, 0.4) is 0 Å². The molecule has 0 radical (unpaired) electrons. The summed E-state index contributed by atoms with van der Waals surface area (Å²) in [7, 11) is 0. The standard InChI is InChI=1S/C14H18N2S/c1-2-6-13-12(5-1)8-14(16-13)17-10-11-4-3-7-15-9-11/h1-2,5-6,8,11,15-16H,3-4,7,9-10H2. The number of nitrogens with one attached hydrogen (secondary N) is 2. The van der Waals surface area contributed by atoms with Gasteiger partial charge in [-0.25, -0.2) is 0 Å². The molecule has 1 aliphatic heterocycles. The van der Waals surface area contributed by atoms with Crippen molar-refractivity contribution >= 4 is 22.7 Å². The summed E-state index contributed by atoms with van der Waals surface area (Å²) in [6.07, 6.45) is 2.71. The van der Waals surface area contributed by atoms with E-state index < -0.39 is 0 Å². The van der Waals surface area contributed by atoms with Crippen molar-refractivity contribution in [2.45, 2.75) is 17.9 Å². The van der Waals surface area contributed by atoms with Crippen molar-refractivity contribution in [3.05, 3.63) is 30.3 Å². The molecule has 2 nitrogen and oxygen atoms in total. The molecule has 1 aromatic heterocycles. The molecule has 0 aliphatic carbocycles. The van der Waals surface area contributed by atoms with Gasteiger partial charge in [0.25, 0.3) is 0 Å². The highest BCUT2D eigenvalue weighted by Gasteiger charge is 2.13. The molecule has 17 heavy (non-hydrogen) atoms. The monoisotopic (exact) mass is 246 g/mol. The maximum atomic E-state index is 3.48. The lowest BCUT2D eigenvalue weighted by atomic mass is 10.0. The van der Waals surface area contributed by atoms with Gasteiger partial charge in [0.2, 0.25) is 0 Å². The molecule has 2 heterocycles. The fourth-order valence-corrected chi connectivity index (χ4v) is 3.49. The Morgan fingerprint density at radius 1 is 1.29 bits per heavy atom. The first-order chi connectivity index (χ1) is 8.42. The van der Waals surface area contributed by atoms with Gasteiger partial charge in [0.05, 0.1) is 5.03 Å². The second-order valence-electron chi connectivity index (χ2n) is 4.74. The Balaban J connectivity index is 1.64. The second-order valence-corrected chi connectivity index (χ2v) is 5.81. The van der Waals surface area contributed by atoms with E-state index in [-0.39, 0.29) is 0 Å². The highest BCUT2D eigenvalue weighted by atomic mass is 32.2. The lowest BCUT2D eigenvalue weighted by Crippen LogP contribution is -2.30. The third-order valence-electron chi connectivity index (χ3n) is 3.38. The molecule has 2 N–H and O–H groups in total. The molecule has 1 aliphatic rings. The number of fused-ring (bicyclic) bond motifs is 1. The third kappa shape index (κ3) is 2.67. The maximum Gasteiger partial charge on any atom is 0.0732 e. The average Bonchev–Trinajstić information content (AvgIpc) is 2.80. The molecule has 1 unspecified atom stereocenters. The van der Waals surface area contributed by atoms with Crippen LogP contribution in [0.15, 0.2) is 35.4 Å². The van der Waals surface area contributed by atoms with Gasteiger partial charge in [-0.3, -0.25) is 0 Å². The van der Waals surface area contributed by atoms with Crippen molar-refractivity contribution in [3.63, 3.8) is 0 Å². The summed E-state index contributed by atoms with van der Waals surface area (Å²) in [5.41, 5.74) is 1.25. The number of para-hydroxylation sites is 1. The van der Waals surface area contributed by atoms with Gasteiger partial charge in [-0.1, -0.05) is 18.2 Å². The first kappa shape index (κ1) is 11.2. The molecule has 2 aromatic rings. The Hall–Kier alpha value is -0.930. The van der Waals surface area contributed by atoms with Crippen molar-refractivity contribution in [2.75, 3.05) is 18.8 Å². The molecule has 0 bridgehead atoms. The molecule has 3 rings (SSSR count). The minimum Gasteiger partial charge on any atom is -0.350 e. The first-order valence-electron chi connectivity index (χ1n) is 6.33. The quantitative estimate of drug-likeness (QED) is 0.814.